The van der Waals surface area contributed by atoms with Gasteiger partial charge in [0.25, 0.3) is 0 Å². The fourth-order valence-electron chi connectivity index (χ4n) is 5.71. The van der Waals surface area contributed by atoms with Crippen LogP contribution in [0.4, 0.5) is 4.39 Å². The molecule has 0 aromatic heterocycles. The van der Waals surface area contributed by atoms with Gasteiger partial charge in [0.1, 0.15) is 23.1 Å². The Kier molecular flexibility index (Phi) is 9.51. The van der Waals surface area contributed by atoms with Crippen molar-refractivity contribution in [1.82, 2.24) is 0 Å². The molecule has 236 valence electrons. The quantitative estimate of drug-likeness (QED) is 0.0416. The van der Waals surface area contributed by atoms with Crippen LogP contribution in [-0.4, -0.2) is 50.2 Å². The molecule has 8 nitrogen and oxygen atoms in total. The van der Waals surface area contributed by atoms with Gasteiger partial charge in [-0.15, -0.1) is 0 Å². The van der Waals surface area contributed by atoms with Crippen molar-refractivity contribution in [3.63, 3.8) is 0 Å². The average molecular weight is 624 g/mol. The van der Waals surface area contributed by atoms with E-state index < -0.39 is 17.8 Å². The van der Waals surface area contributed by atoms with Gasteiger partial charge >= 0.3 is 11.9 Å². The summed E-state index contributed by atoms with van der Waals surface area (Å²) in [5.74, 6) is -0.439. The Morgan fingerprint density at radius 1 is 0.891 bits per heavy atom. The summed E-state index contributed by atoms with van der Waals surface area (Å²) >= 11 is 0. The maximum absolute atomic E-state index is 15.0. The van der Waals surface area contributed by atoms with E-state index in [1.165, 1.54) is 36.8 Å². The third kappa shape index (κ3) is 7.50. The topological polar surface area (TPSA) is 107 Å². The lowest BCUT2D eigenvalue weighted by molar-refractivity contribution is -0.128. The normalized spacial score (nSPS) is 18.3. The van der Waals surface area contributed by atoms with Crippen LogP contribution in [0, 0.1) is 17.1 Å². The van der Waals surface area contributed by atoms with Crippen LogP contribution in [0.25, 0.3) is 21.9 Å². The molecule has 4 aromatic carbocycles. The van der Waals surface area contributed by atoms with E-state index in [9.17, 15) is 14.0 Å². The van der Waals surface area contributed by atoms with E-state index in [-0.39, 0.29) is 22.6 Å². The van der Waals surface area contributed by atoms with E-state index in [4.69, 9.17) is 29.1 Å². The van der Waals surface area contributed by atoms with Crippen LogP contribution in [0.15, 0.2) is 85.5 Å². The highest BCUT2D eigenvalue weighted by molar-refractivity contribution is 5.97. The number of carbonyl (C=O) groups is 2. The van der Waals surface area contributed by atoms with Crippen LogP contribution in [0.5, 0.6) is 17.2 Å². The largest absolute Gasteiger partial charge is 0.493 e. The van der Waals surface area contributed by atoms with Crippen LogP contribution in [0.1, 0.15) is 41.6 Å². The smallest absolute Gasteiger partial charge is 0.343 e. The zero-order valence-corrected chi connectivity index (χ0v) is 25.2. The molecule has 0 spiro atoms. The number of benzene rings is 4. The fraction of sp³-hybridized carbons (Fsp3) is 0.270. The number of carbonyl (C=O) groups excluding carboxylic acids is 2. The number of hydrogen-bond acceptors (Lipinski definition) is 8. The van der Waals surface area contributed by atoms with E-state index in [1.54, 1.807) is 18.2 Å². The maximum Gasteiger partial charge on any atom is 0.343 e. The Hall–Kier alpha value is -4.86. The number of esters is 2. The molecule has 3 unspecified atom stereocenters. The van der Waals surface area contributed by atoms with E-state index in [0.717, 1.165) is 54.7 Å². The van der Waals surface area contributed by atoms with Gasteiger partial charge in [-0.2, -0.15) is 0 Å². The summed E-state index contributed by atoms with van der Waals surface area (Å²) < 4.78 is 43.3. The van der Waals surface area contributed by atoms with Crippen molar-refractivity contribution in [2.75, 3.05) is 19.8 Å². The van der Waals surface area contributed by atoms with Gasteiger partial charge in [-0.1, -0.05) is 30.8 Å². The minimum atomic E-state index is -0.724. The summed E-state index contributed by atoms with van der Waals surface area (Å²) in [5, 5.41) is 9.10. The van der Waals surface area contributed by atoms with Crippen LogP contribution in [0.3, 0.4) is 0 Å². The predicted molar refractivity (Wildman–Crippen MR) is 171 cm³/mol. The SMILES string of the molecule is C=CC(=O)Oc1ccc(OC(=O)c2ccc3cc(OCCCOCC4CCC5OC5C4)ccc3c2)cc1-c1ccc(C=N)cc1F. The molecule has 0 bridgehead atoms. The minimum Gasteiger partial charge on any atom is -0.493 e. The van der Waals surface area contributed by atoms with Crippen molar-refractivity contribution in [3.05, 3.63) is 102 Å². The molecule has 1 N–H and O–H groups in total. The summed E-state index contributed by atoms with van der Waals surface area (Å²) in [6.45, 7) is 5.37. The van der Waals surface area contributed by atoms with Gasteiger partial charge in [-0.05, 0) is 90.0 Å². The monoisotopic (exact) mass is 623 g/mol. The highest BCUT2D eigenvalue weighted by Gasteiger charge is 2.43. The number of fused-ring (bicyclic) bond motifs is 2. The Balaban J connectivity index is 1.07. The van der Waals surface area contributed by atoms with E-state index >= 15 is 0 Å². The molecule has 9 heteroatoms. The number of epoxide rings is 1. The zero-order valence-electron chi connectivity index (χ0n) is 25.2. The number of rotatable bonds is 13. The van der Waals surface area contributed by atoms with Crippen molar-refractivity contribution in [2.24, 2.45) is 5.92 Å². The molecule has 2 aliphatic rings. The molecule has 2 fully saturated rings. The first-order valence-corrected chi connectivity index (χ1v) is 15.3. The number of ether oxygens (including phenoxy) is 5. The van der Waals surface area contributed by atoms with Gasteiger partial charge in [0.05, 0.1) is 24.4 Å². The van der Waals surface area contributed by atoms with E-state index in [2.05, 4.69) is 6.58 Å². The lowest BCUT2D eigenvalue weighted by Gasteiger charge is -2.18. The summed E-state index contributed by atoms with van der Waals surface area (Å²) in [6, 6.07) is 19.4. The molecule has 1 aliphatic carbocycles. The van der Waals surface area contributed by atoms with Crippen molar-refractivity contribution in [3.8, 4) is 28.4 Å². The fourth-order valence-corrected chi connectivity index (χ4v) is 5.71. The Morgan fingerprint density at radius 3 is 2.52 bits per heavy atom. The number of halogens is 1. The van der Waals surface area contributed by atoms with Crippen LogP contribution in [-0.2, 0) is 14.3 Å². The second-order valence-electron chi connectivity index (χ2n) is 11.4. The van der Waals surface area contributed by atoms with Gasteiger partial charge < -0.3 is 29.1 Å². The molecular formula is C37H34FNO7. The average Bonchev–Trinajstić information content (AvgIpc) is 3.85. The second kappa shape index (κ2) is 14.1. The molecular weight excluding hydrogens is 589 g/mol. The van der Waals surface area contributed by atoms with Crippen LogP contribution < -0.4 is 14.2 Å². The zero-order chi connectivity index (χ0) is 32.0. The predicted octanol–water partition coefficient (Wildman–Crippen LogP) is 7.31. The van der Waals surface area contributed by atoms with Crippen molar-refractivity contribution in [1.29, 1.82) is 5.41 Å². The first-order valence-electron chi connectivity index (χ1n) is 15.3. The molecule has 1 aliphatic heterocycles. The lowest BCUT2D eigenvalue weighted by Crippen LogP contribution is -2.19. The van der Waals surface area contributed by atoms with Gasteiger partial charge in [-0.3, -0.25) is 0 Å². The standard InChI is InChI=1S/C37H34FNO7/c1-2-36(40)46-33-13-10-29(20-31(33)30-11-4-23(21-39)16-32(30)38)44-37(41)27-7-6-26-19-28(9-8-25(26)18-27)43-15-3-14-42-22-24-5-12-34-35(17-24)45-34/h2,4,6-11,13,16,18-21,24,34-35,39H,1,3,5,12,14-15,17,22H2. The van der Waals surface area contributed by atoms with Gasteiger partial charge in [0, 0.05) is 43.1 Å². The molecule has 1 saturated heterocycles. The van der Waals surface area contributed by atoms with E-state index in [0.29, 0.717) is 42.5 Å². The Bertz CT molecular complexity index is 1790. The highest BCUT2D eigenvalue weighted by Crippen LogP contribution is 2.39. The van der Waals surface area contributed by atoms with Crippen molar-refractivity contribution < 1.29 is 37.7 Å². The molecule has 3 atom stereocenters. The van der Waals surface area contributed by atoms with Gasteiger partial charge in [-0.25, -0.2) is 14.0 Å². The Labute approximate surface area is 266 Å². The molecule has 0 amide bonds. The van der Waals surface area contributed by atoms with Crippen LogP contribution in [0.2, 0.25) is 0 Å². The van der Waals surface area contributed by atoms with Crippen molar-refractivity contribution >= 4 is 28.9 Å². The Morgan fingerprint density at radius 2 is 1.72 bits per heavy atom. The van der Waals surface area contributed by atoms with Crippen molar-refractivity contribution in [2.45, 2.75) is 37.9 Å². The molecule has 1 heterocycles. The summed E-state index contributed by atoms with van der Waals surface area (Å²) in [4.78, 5) is 25.0. The number of nitrogens with one attached hydrogen (secondary N) is 1. The minimum absolute atomic E-state index is 0.0635. The first-order chi connectivity index (χ1) is 22.4. The summed E-state index contributed by atoms with van der Waals surface area (Å²) in [7, 11) is 0. The third-order valence-electron chi connectivity index (χ3n) is 8.20. The number of hydrogen-bond donors (Lipinski definition) is 1. The second-order valence-corrected chi connectivity index (χ2v) is 11.4. The first kappa shape index (κ1) is 31.1. The third-order valence-corrected chi connectivity index (χ3v) is 8.20. The molecule has 6 rings (SSSR count). The highest BCUT2D eigenvalue weighted by atomic mass is 19.1. The summed E-state index contributed by atoms with van der Waals surface area (Å²) in [6.07, 6.45) is 7.24. The molecule has 1 saturated carbocycles. The van der Waals surface area contributed by atoms with Gasteiger partial charge in [0.2, 0.25) is 0 Å². The van der Waals surface area contributed by atoms with Crippen LogP contribution >= 0.6 is 0 Å². The molecule has 0 radical (unpaired) electrons. The maximum atomic E-state index is 15.0. The lowest BCUT2D eigenvalue weighted by atomic mass is 9.90. The molecule has 46 heavy (non-hydrogen) atoms. The molecule has 4 aromatic rings. The van der Waals surface area contributed by atoms with E-state index in [1.807, 2.05) is 24.3 Å². The summed E-state index contributed by atoms with van der Waals surface area (Å²) in [5.41, 5.74) is 0.997. The van der Waals surface area contributed by atoms with Gasteiger partial charge in [0.15, 0.2) is 0 Å².